The molecule has 0 aromatic heterocycles. The van der Waals surface area contributed by atoms with Crippen LogP contribution >= 0.6 is 11.6 Å². The zero-order valence-electron chi connectivity index (χ0n) is 15.9. The molecule has 29 heavy (non-hydrogen) atoms. The maximum Gasteiger partial charge on any atom is 0.243 e. The van der Waals surface area contributed by atoms with Gasteiger partial charge in [0, 0.05) is 36.4 Å². The molecule has 1 aliphatic heterocycles. The molecule has 1 fully saturated rings. The van der Waals surface area contributed by atoms with E-state index in [1.807, 2.05) is 0 Å². The van der Waals surface area contributed by atoms with Crippen molar-refractivity contribution < 1.29 is 18.0 Å². The van der Waals surface area contributed by atoms with E-state index in [2.05, 4.69) is 10.6 Å². The average molecular weight is 436 g/mol. The number of sulfonamides is 1. The molecule has 2 aromatic rings. The summed E-state index contributed by atoms with van der Waals surface area (Å²) in [6.45, 7) is 1.86. The number of piperidine rings is 1. The number of benzene rings is 2. The summed E-state index contributed by atoms with van der Waals surface area (Å²) in [6.07, 6.45) is 1.22. The van der Waals surface area contributed by atoms with E-state index < -0.39 is 15.9 Å². The van der Waals surface area contributed by atoms with Crippen molar-refractivity contribution in [2.75, 3.05) is 23.7 Å². The van der Waals surface area contributed by atoms with Crippen LogP contribution in [0.5, 0.6) is 0 Å². The summed E-state index contributed by atoms with van der Waals surface area (Å²) in [4.78, 5) is 23.8. The van der Waals surface area contributed by atoms with Crippen LogP contribution in [0.1, 0.15) is 19.8 Å². The lowest BCUT2D eigenvalue weighted by atomic mass is 9.99. The van der Waals surface area contributed by atoms with Crippen LogP contribution in [0, 0.1) is 5.92 Å². The number of nitrogens with zero attached hydrogens (tertiary/aromatic N) is 1. The van der Waals surface area contributed by atoms with Gasteiger partial charge in [0.25, 0.3) is 0 Å². The molecule has 2 aromatic carbocycles. The van der Waals surface area contributed by atoms with Crippen molar-refractivity contribution in [3.05, 3.63) is 53.6 Å². The predicted octanol–water partition coefficient (Wildman–Crippen LogP) is 3.34. The van der Waals surface area contributed by atoms with Gasteiger partial charge < -0.3 is 10.6 Å². The molecule has 0 saturated carbocycles. The van der Waals surface area contributed by atoms with Crippen LogP contribution in [0.25, 0.3) is 0 Å². The van der Waals surface area contributed by atoms with Crippen molar-refractivity contribution in [3.63, 3.8) is 0 Å². The third-order valence-corrected chi connectivity index (χ3v) is 6.81. The van der Waals surface area contributed by atoms with Crippen LogP contribution in [-0.2, 0) is 19.6 Å². The van der Waals surface area contributed by atoms with E-state index >= 15 is 0 Å². The Bertz CT molecular complexity index is 991. The van der Waals surface area contributed by atoms with E-state index in [-0.39, 0.29) is 23.3 Å². The van der Waals surface area contributed by atoms with Gasteiger partial charge in [0.1, 0.15) is 0 Å². The standard InChI is InChI=1S/C20H22ClN3O4S/c1-14(25)22-17-8-10-19(11-9-17)29(27,28)24-12-2-3-15(13-24)20(26)23-18-6-4-16(21)5-7-18/h4-11,15H,2-3,12-13H2,1H3,(H,22,25)(H,23,26)/t15-/m1/s1. The van der Waals surface area contributed by atoms with Gasteiger partial charge in [-0.05, 0) is 61.4 Å². The van der Waals surface area contributed by atoms with Gasteiger partial charge in [0.15, 0.2) is 0 Å². The molecule has 154 valence electrons. The summed E-state index contributed by atoms with van der Waals surface area (Å²) in [6, 6.07) is 12.8. The van der Waals surface area contributed by atoms with Gasteiger partial charge in [-0.15, -0.1) is 0 Å². The lowest BCUT2D eigenvalue weighted by Crippen LogP contribution is -2.43. The molecular weight excluding hydrogens is 414 g/mol. The third kappa shape index (κ3) is 5.35. The largest absolute Gasteiger partial charge is 0.326 e. The Labute approximate surface area is 175 Å². The Morgan fingerprint density at radius 3 is 2.21 bits per heavy atom. The highest BCUT2D eigenvalue weighted by atomic mass is 35.5. The predicted molar refractivity (Wildman–Crippen MR) is 112 cm³/mol. The maximum atomic E-state index is 13.0. The third-order valence-electron chi connectivity index (χ3n) is 4.68. The van der Waals surface area contributed by atoms with Crippen molar-refractivity contribution in [3.8, 4) is 0 Å². The molecule has 0 bridgehead atoms. The smallest absolute Gasteiger partial charge is 0.243 e. The Hall–Kier alpha value is -2.42. The Morgan fingerprint density at radius 2 is 1.59 bits per heavy atom. The number of rotatable bonds is 5. The fourth-order valence-corrected chi connectivity index (χ4v) is 4.86. The van der Waals surface area contributed by atoms with Crippen LogP contribution in [0.4, 0.5) is 11.4 Å². The van der Waals surface area contributed by atoms with E-state index in [0.29, 0.717) is 35.8 Å². The zero-order valence-corrected chi connectivity index (χ0v) is 17.5. The van der Waals surface area contributed by atoms with Crippen molar-refractivity contribution >= 4 is 44.8 Å². The van der Waals surface area contributed by atoms with Crippen LogP contribution in [0.15, 0.2) is 53.4 Å². The number of halogens is 1. The molecule has 2 amide bonds. The summed E-state index contributed by atoms with van der Waals surface area (Å²) in [7, 11) is -3.73. The maximum absolute atomic E-state index is 13.0. The molecule has 1 heterocycles. The fraction of sp³-hybridized carbons (Fsp3) is 0.300. The van der Waals surface area contributed by atoms with Gasteiger partial charge in [-0.25, -0.2) is 8.42 Å². The molecule has 1 atom stereocenters. The Balaban J connectivity index is 1.69. The van der Waals surface area contributed by atoms with Gasteiger partial charge >= 0.3 is 0 Å². The number of amides is 2. The van der Waals surface area contributed by atoms with Gasteiger partial charge in [0.05, 0.1) is 10.8 Å². The lowest BCUT2D eigenvalue weighted by Gasteiger charge is -2.31. The topological polar surface area (TPSA) is 95.6 Å². The minimum atomic E-state index is -3.73. The molecule has 0 radical (unpaired) electrons. The van der Waals surface area contributed by atoms with Crippen LogP contribution < -0.4 is 10.6 Å². The summed E-state index contributed by atoms with van der Waals surface area (Å²) in [5, 5.41) is 5.99. The van der Waals surface area contributed by atoms with Crippen molar-refractivity contribution in [1.29, 1.82) is 0 Å². The molecular formula is C20H22ClN3O4S. The van der Waals surface area contributed by atoms with Crippen LogP contribution in [0.3, 0.4) is 0 Å². The first-order chi connectivity index (χ1) is 13.8. The first-order valence-electron chi connectivity index (χ1n) is 9.20. The number of hydrogen-bond acceptors (Lipinski definition) is 4. The normalized spacial score (nSPS) is 17.5. The van der Waals surface area contributed by atoms with Crippen molar-refractivity contribution in [2.24, 2.45) is 5.92 Å². The minimum absolute atomic E-state index is 0.120. The molecule has 9 heteroatoms. The molecule has 7 nitrogen and oxygen atoms in total. The van der Waals surface area contributed by atoms with E-state index in [9.17, 15) is 18.0 Å². The number of carbonyl (C=O) groups is 2. The summed E-state index contributed by atoms with van der Waals surface area (Å²) in [5.41, 5.74) is 1.14. The molecule has 1 aliphatic rings. The molecule has 3 rings (SSSR count). The average Bonchev–Trinajstić information content (AvgIpc) is 2.70. The van der Waals surface area contributed by atoms with Crippen LogP contribution in [-0.4, -0.2) is 37.6 Å². The number of anilines is 2. The second-order valence-electron chi connectivity index (χ2n) is 6.90. The van der Waals surface area contributed by atoms with Crippen LogP contribution in [0.2, 0.25) is 5.02 Å². The second-order valence-corrected chi connectivity index (χ2v) is 9.28. The first kappa shape index (κ1) is 21.3. The zero-order chi connectivity index (χ0) is 21.0. The molecule has 0 spiro atoms. The molecule has 0 unspecified atom stereocenters. The summed E-state index contributed by atoms with van der Waals surface area (Å²) >= 11 is 5.85. The SMILES string of the molecule is CC(=O)Nc1ccc(S(=O)(=O)N2CCC[C@@H](C(=O)Nc3ccc(Cl)cc3)C2)cc1. The molecule has 1 saturated heterocycles. The number of hydrogen-bond donors (Lipinski definition) is 2. The van der Waals surface area contributed by atoms with Gasteiger partial charge in [-0.2, -0.15) is 4.31 Å². The minimum Gasteiger partial charge on any atom is -0.326 e. The van der Waals surface area contributed by atoms with Gasteiger partial charge in [0.2, 0.25) is 21.8 Å². The quantitative estimate of drug-likeness (QED) is 0.752. The summed E-state index contributed by atoms with van der Waals surface area (Å²) in [5.74, 6) is -0.882. The van der Waals surface area contributed by atoms with E-state index in [1.54, 1.807) is 36.4 Å². The highest BCUT2D eigenvalue weighted by Crippen LogP contribution is 2.26. The highest BCUT2D eigenvalue weighted by molar-refractivity contribution is 7.89. The van der Waals surface area contributed by atoms with E-state index in [1.165, 1.54) is 23.4 Å². The van der Waals surface area contributed by atoms with E-state index in [4.69, 9.17) is 11.6 Å². The monoisotopic (exact) mass is 435 g/mol. The van der Waals surface area contributed by atoms with Crippen molar-refractivity contribution in [2.45, 2.75) is 24.7 Å². The second kappa shape index (κ2) is 8.94. The number of carbonyl (C=O) groups excluding carboxylic acids is 2. The Morgan fingerprint density at radius 1 is 1.00 bits per heavy atom. The molecule has 2 N–H and O–H groups in total. The molecule has 0 aliphatic carbocycles. The van der Waals surface area contributed by atoms with Gasteiger partial charge in [-0.1, -0.05) is 11.6 Å². The summed E-state index contributed by atoms with van der Waals surface area (Å²) < 4.78 is 27.3. The van der Waals surface area contributed by atoms with Gasteiger partial charge in [-0.3, -0.25) is 9.59 Å². The number of nitrogens with one attached hydrogen (secondary N) is 2. The van der Waals surface area contributed by atoms with E-state index in [0.717, 1.165) is 0 Å². The first-order valence-corrected chi connectivity index (χ1v) is 11.0. The lowest BCUT2D eigenvalue weighted by molar-refractivity contribution is -0.121. The fourth-order valence-electron chi connectivity index (χ4n) is 3.21. The highest BCUT2D eigenvalue weighted by Gasteiger charge is 2.33. The van der Waals surface area contributed by atoms with Crippen molar-refractivity contribution in [1.82, 2.24) is 4.31 Å². The Kier molecular flexibility index (Phi) is 6.56.